The molecule has 188 valence electrons. The number of anilines is 1. The van der Waals surface area contributed by atoms with Gasteiger partial charge in [0, 0.05) is 44.0 Å². The van der Waals surface area contributed by atoms with Crippen LogP contribution in [0.4, 0.5) is 5.69 Å². The topological polar surface area (TPSA) is 68.5 Å². The predicted molar refractivity (Wildman–Crippen MR) is 138 cm³/mol. The van der Waals surface area contributed by atoms with Gasteiger partial charge in [-0.05, 0) is 59.9 Å². The van der Waals surface area contributed by atoms with E-state index in [9.17, 15) is 0 Å². The number of rotatable bonds is 9. The third-order valence-corrected chi connectivity index (χ3v) is 6.84. The van der Waals surface area contributed by atoms with Crippen molar-refractivity contribution in [2.24, 2.45) is 5.92 Å². The molecule has 0 spiro atoms. The molecular weight excluding hydrogens is 440 g/mol. The van der Waals surface area contributed by atoms with E-state index in [0.717, 1.165) is 56.3 Å². The van der Waals surface area contributed by atoms with Crippen molar-refractivity contribution in [3.63, 3.8) is 0 Å². The van der Waals surface area contributed by atoms with E-state index in [4.69, 9.17) is 9.47 Å². The lowest BCUT2D eigenvalue weighted by atomic mass is 10.0. The number of aryl methyl sites for hydroxylation is 3. The zero-order chi connectivity index (χ0) is 24.9. The molecule has 1 aliphatic rings. The Balaban J connectivity index is 1.68. The molecule has 0 aliphatic carbocycles. The van der Waals surface area contributed by atoms with Crippen molar-refractivity contribution < 1.29 is 9.47 Å². The minimum atomic E-state index is -0.136. The Bertz CT molecular complexity index is 1120. The normalized spacial score (nSPS) is 15.5. The van der Waals surface area contributed by atoms with Gasteiger partial charge in [-0.15, -0.1) is 5.10 Å². The highest BCUT2D eigenvalue weighted by molar-refractivity contribution is 5.55. The van der Waals surface area contributed by atoms with Gasteiger partial charge in [-0.25, -0.2) is 4.68 Å². The Hall–Kier alpha value is -3.13. The molecule has 8 heteroatoms. The smallest absolute Gasteiger partial charge is 0.173 e. The van der Waals surface area contributed by atoms with Gasteiger partial charge >= 0.3 is 0 Å². The number of hydrogen-bond donors (Lipinski definition) is 0. The van der Waals surface area contributed by atoms with E-state index < -0.39 is 0 Å². The third-order valence-electron chi connectivity index (χ3n) is 6.84. The fraction of sp³-hybridized carbons (Fsp3) is 0.519. The molecule has 0 bridgehead atoms. The van der Waals surface area contributed by atoms with Gasteiger partial charge in [-0.2, -0.15) is 0 Å². The number of tetrazole rings is 1. The highest BCUT2D eigenvalue weighted by atomic mass is 16.5. The Morgan fingerprint density at radius 1 is 0.971 bits per heavy atom. The summed E-state index contributed by atoms with van der Waals surface area (Å²) in [6, 6.07) is 12.6. The minimum absolute atomic E-state index is 0.136. The molecule has 2 aromatic carbocycles. The molecular formula is C27H38N6O2. The van der Waals surface area contributed by atoms with Crippen LogP contribution in [-0.4, -0.2) is 65.5 Å². The number of nitrogens with zero attached hydrogens (tertiary/aromatic N) is 6. The molecule has 2 heterocycles. The number of ether oxygens (including phenoxy) is 2. The quantitative estimate of drug-likeness (QED) is 0.455. The molecule has 1 atom stereocenters. The largest absolute Gasteiger partial charge is 0.493 e. The molecule has 0 amide bonds. The summed E-state index contributed by atoms with van der Waals surface area (Å²) in [5.41, 5.74) is 4.94. The van der Waals surface area contributed by atoms with E-state index in [-0.39, 0.29) is 6.04 Å². The number of piperazine rings is 1. The summed E-state index contributed by atoms with van der Waals surface area (Å²) in [6.07, 6.45) is 1.01. The molecule has 0 unspecified atom stereocenters. The third kappa shape index (κ3) is 5.42. The van der Waals surface area contributed by atoms with Crippen LogP contribution in [0.1, 0.15) is 48.8 Å². The minimum Gasteiger partial charge on any atom is -0.493 e. The van der Waals surface area contributed by atoms with Gasteiger partial charge in [0.05, 0.1) is 14.2 Å². The van der Waals surface area contributed by atoms with Crippen LogP contribution in [0, 0.1) is 19.8 Å². The van der Waals surface area contributed by atoms with Crippen LogP contribution in [0.25, 0.3) is 0 Å². The lowest BCUT2D eigenvalue weighted by Gasteiger charge is -2.40. The van der Waals surface area contributed by atoms with Crippen molar-refractivity contribution in [1.82, 2.24) is 25.1 Å². The average molecular weight is 479 g/mol. The fourth-order valence-corrected chi connectivity index (χ4v) is 4.85. The molecule has 1 aromatic heterocycles. The molecule has 0 radical (unpaired) electrons. The summed E-state index contributed by atoms with van der Waals surface area (Å²) >= 11 is 0. The van der Waals surface area contributed by atoms with Crippen molar-refractivity contribution >= 4 is 5.69 Å². The zero-order valence-corrected chi connectivity index (χ0v) is 21.9. The van der Waals surface area contributed by atoms with Crippen LogP contribution in [0.5, 0.6) is 11.5 Å². The summed E-state index contributed by atoms with van der Waals surface area (Å²) in [4.78, 5) is 4.96. The van der Waals surface area contributed by atoms with Crippen molar-refractivity contribution in [1.29, 1.82) is 0 Å². The van der Waals surface area contributed by atoms with Gasteiger partial charge in [-0.1, -0.05) is 38.1 Å². The lowest BCUT2D eigenvalue weighted by molar-refractivity contribution is 0.195. The van der Waals surface area contributed by atoms with Crippen LogP contribution in [0.3, 0.4) is 0 Å². The van der Waals surface area contributed by atoms with Crippen LogP contribution >= 0.6 is 0 Å². The van der Waals surface area contributed by atoms with Crippen molar-refractivity contribution in [2.75, 3.05) is 45.3 Å². The molecule has 35 heavy (non-hydrogen) atoms. The molecule has 1 saturated heterocycles. The van der Waals surface area contributed by atoms with E-state index in [1.165, 1.54) is 16.8 Å². The van der Waals surface area contributed by atoms with E-state index in [1.807, 2.05) is 16.8 Å². The van der Waals surface area contributed by atoms with E-state index in [0.29, 0.717) is 11.7 Å². The fourth-order valence-electron chi connectivity index (χ4n) is 4.85. The van der Waals surface area contributed by atoms with Crippen molar-refractivity contribution in [3.05, 3.63) is 58.9 Å². The summed E-state index contributed by atoms with van der Waals surface area (Å²) < 4.78 is 13.4. The Morgan fingerprint density at radius 2 is 1.74 bits per heavy atom. The second kappa shape index (κ2) is 11.1. The van der Waals surface area contributed by atoms with Crippen LogP contribution in [0.15, 0.2) is 36.4 Å². The predicted octanol–water partition coefficient (Wildman–Crippen LogP) is 4.26. The monoisotopic (exact) mass is 478 g/mol. The first-order valence-corrected chi connectivity index (χ1v) is 12.5. The molecule has 0 saturated carbocycles. The summed E-state index contributed by atoms with van der Waals surface area (Å²) in [7, 11) is 3.37. The Labute approximate surface area is 208 Å². The maximum atomic E-state index is 5.85. The highest BCUT2D eigenvalue weighted by Crippen LogP contribution is 2.40. The number of para-hydroxylation sites is 1. The van der Waals surface area contributed by atoms with E-state index >= 15 is 0 Å². The zero-order valence-electron chi connectivity index (χ0n) is 21.9. The van der Waals surface area contributed by atoms with Gasteiger partial charge in [0.15, 0.2) is 17.3 Å². The first kappa shape index (κ1) is 25.0. The highest BCUT2D eigenvalue weighted by Gasteiger charge is 2.33. The maximum absolute atomic E-state index is 5.85. The molecule has 8 nitrogen and oxygen atoms in total. The second-order valence-corrected chi connectivity index (χ2v) is 9.74. The van der Waals surface area contributed by atoms with E-state index in [2.05, 4.69) is 77.3 Å². The number of hydrogen-bond acceptors (Lipinski definition) is 7. The van der Waals surface area contributed by atoms with Gasteiger partial charge in [0.25, 0.3) is 0 Å². The Kier molecular flexibility index (Phi) is 7.90. The first-order chi connectivity index (χ1) is 16.9. The van der Waals surface area contributed by atoms with Crippen molar-refractivity contribution in [3.8, 4) is 11.5 Å². The second-order valence-electron chi connectivity index (χ2n) is 9.74. The maximum Gasteiger partial charge on any atom is 0.173 e. The van der Waals surface area contributed by atoms with E-state index in [1.54, 1.807) is 14.2 Å². The van der Waals surface area contributed by atoms with Gasteiger partial charge in [0.1, 0.15) is 6.04 Å². The molecule has 0 N–H and O–H groups in total. The molecule has 1 aliphatic heterocycles. The number of aromatic nitrogens is 4. The van der Waals surface area contributed by atoms with Crippen molar-refractivity contribution in [2.45, 2.75) is 46.7 Å². The van der Waals surface area contributed by atoms with Gasteiger partial charge < -0.3 is 14.4 Å². The molecule has 4 rings (SSSR count). The van der Waals surface area contributed by atoms with Crippen LogP contribution in [-0.2, 0) is 6.54 Å². The lowest BCUT2D eigenvalue weighted by Crippen LogP contribution is -2.48. The van der Waals surface area contributed by atoms with Gasteiger partial charge in [-0.3, -0.25) is 4.90 Å². The standard InChI is InChI=1S/C27H38N6O2/c1-19(2)12-13-33-27(28-29-30-33)25(22-8-7-9-24(34-5)26(22)35-6)32-16-14-31(15-17-32)23-18-20(3)10-11-21(23)4/h7-11,18-19,25H,12-17H2,1-6H3/t25-/m1/s1. The molecule has 3 aromatic rings. The summed E-state index contributed by atoms with van der Waals surface area (Å²) in [5, 5.41) is 13.0. The average Bonchev–Trinajstić information content (AvgIpc) is 3.32. The SMILES string of the molecule is COc1cccc([C@H](c2nnnn2CCC(C)C)N2CCN(c3cc(C)ccc3C)CC2)c1OC. The Morgan fingerprint density at radius 3 is 2.43 bits per heavy atom. The number of benzene rings is 2. The van der Waals surface area contributed by atoms with Crippen LogP contribution in [0.2, 0.25) is 0 Å². The van der Waals surface area contributed by atoms with Gasteiger partial charge in [0.2, 0.25) is 0 Å². The summed E-state index contributed by atoms with van der Waals surface area (Å²) in [6.45, 7) is 13.2. The first-order valence-electron chi connectivity index (χ1n) is 12.5. The summed E-state index contributed by atoms with van der Waals surface area (Å²) in [5.74, 6) is 2.86. The van der Waals surface area contributed by atoms with Crippen LogP contribution < -0.4 is 14.4 Å². The number of methoxy groups -OCH3 is 2. The molecule has 1 fully saturated rings.